The van der Waals surface area contributed by atoms with Crippen LogP contribution in [0.5, 0.6) is 0 Å². The van der Waals surface area contributed by atoms with Gasteiger partial charge in [0.1, 0.15) is 0 Å². The summed E-state index contributed by atoms with van der Waals surface area (Å²) in [6, 6.07) is 8.44. The highest BCUT2D eigenvalue weighted by Gasteiger charge is 2.06. The highest BCUT2D eigenvalue weighted by Crippen LogP contribution is 2.20. The third kappa shape index (κ3) is 5.79. The topological polar surface area (TPSA) is 40.3 Å². The number of hydrogen-bond acceptors (Lipinski definition) is 4. The van der Waals surface area contributed by atoms with Crippen LogP contribution in [-0.4, -0.2) is 30.6 Å². The molecule has 0 aromatic heterocycles. The average Bonchev–Trinajstić information content (AvgIpc) is 2.53. The van der Waals surface area contributed by atoms with Gasteiger partial charge in [0, 0.05) is 18.8 Å². The van der Waals surface area contributed by atoms with E-state index in [0.29, 0.717) is 5.92 Å². The Kier molecular flexibility index (Phi) is 8.17. The molecule has 1 aromatic rings. The van der Waals surface area contributed by atoms with Gasteiger partial charge >= 0.3 is 0 Å². The number of anilines is 1. The minimum Gasteiger partial charge on any atom is -0.372 e. The highest BCUT2D eigenvalue weighted by atomic mass is 32.2. The molecule has 0 amide bonds. The van der Waals surface area contributed by atoms with E-state index in [-0.39, 0.29) is 6.04 Å². The molecule has 5 heteroatoms. The number of thioether (sulfide) groups is 1. The summed E-state index contributed by atoms with van der Waals surface area (Å²) in [6.07, 6.45) is 1.98. The van der Waals surface area contributed by atoms with Crippen molar-refractivity contribution in [3.63, 3.8) is 0 Å². The molecular formula is C17H28N4S. The standard InChI is InChI=1S/C17H28N4S/c1-7-21(8-2)16-11-9-15(10-12-16)19-20-17(22-6)18-14(5)13(3)4/h9-14H,7-8H2,1-6H3. The molecule has 0 bridgehead atoms. The molecule has 0 saturated heterocycles. The third-order valence-electron chi connectivity index (χ3n) is 3.69. The second-order valence-electron chi connectivity index (χ2n) is 5.49. The highest BCUT2D eigenvalue weighted by molar-refractivity contribution is 8.13. The maximum atomic E-state index is 4.59. The molecule has 4 nitrogen and oxygen atoms in total. The lowest BCUT2D eigenvalue weighted by atomic mass is 10.1. The van der Waals surface area contributed by atoms with E-state index >= 15 is 0 Å². The number of rotatable bonds is 6. The molecule has 0 aliphatic heterocycles. The van der Waals surface area contributed by atoms with Crippen molar-refractivity contribution in [1.29, 1.82) is 0 Å². The Morgan fingerprint density at radius 3 is 2.14 bits per heavy atom. The fraction of sp³-hybridized carbons (Fsp3) is 0.588. The Morgan fingerprint density at radius 2 is 1.68 bits per heavy atom. The van der Waals surface area contributed by atoms with Crippen LogP contribution in [0.1, 0.15) is 34.6 Å². The molecule has 1 unspecified atom stereocenters. The second-order valence-corrected chi connectivity index (χ2v) is 6.26. The van der Waals surface area contributed by atoms with Gasteiger partial charge in [-0.2, -0.15) is 0 Å². The van der Waals surface area contributed by atoms with Gasteiger partial charge in [-0.1, -0.05) is 25.6 Å². The van der Waals surface area contributed by atoms with Crippen molar-refractivity contribution < 1.29 is 0 Å². The molecule has 1 aromatic carbocycles. The van der Waals surface area contributed by atoms with Crippen molar-refractivity contribution in [3.8, 4) is 0 Å². The van der Waals surface area contributed by atoms with Crippen LogP contribution < -0.4 is 4.90 Å². The minimum absolute atomic E-state index is 0.256. The van der Waals surface area contributed by atoms with E-state index in [1.54, 1.807) is 0 Å². The van der Waals surface area contributed by atoms with Gasteiger partial charge in [0.25, 0.3) is 0 Å². The number of benzene rings is 1. The van der Waals surface area contributed by atoms with E-state index in [9.17, 15) is 0 Å². The summed E-state index contributed by atoms with van der Waals surface area (Å²) in [4.78, 5) is 6.90. The van der Waals surface area contributed by atoms with Crippen LogP contribution in [-0.2, 0) is 0 Å². The van der Waals surface area contributed by atoms with Crippen molar-refractivity contribution >= 4 is 28.3 Å². The summed E-state index contributed by atoms with van der Waals surface area (Å²) in [5.74, 6) is 0.505. The Balaban J connectivity index is 2.80. The van der Waals surface area contributed by atoms with E-state index in [1.165, 1.54) is 17.4 Å². The largest absolute Gasteiger partial charge is 0.372 e. The van der Waals surface area contributed by atoms with Crippen molar-refractivity contribution in [3.05, 3.63) is 24.3 Å². The van der Waals surface area contributed by atoms with Gasteiger partial charge < -0.3 is 4.90 Å². The number of aliphatic imine (C=N–C) groups is 1. The van der Waals surface area contributed by atoms with Crippen LogP contribution in [0.2, 0.25) is 0 Å². The van der Waals surface area contributed by atoms with Gasteiger partial charge in [-0.05, 0) is 57.2 Å². The number of nitrogens with zero attached hydrogens (tertiary/aromatic N) is 4. The van der Waals surface area contributed by atoms with Crippen molar-refractivity contribution in [2.24, 2.45) is 21.1 Å². The van der Waals surface area contributed by atoms with E-state index < -0.39 is 0 Å². The van der Waals surface area contributed by atoms with Crippen LogP contribution in [0.25, 0.3) is 0 Å². The first-order chi connectivity index (χ1) is 10.5. The molecule has 0 heterocycles. The summed E-state index contributed by atoms with van der Waals surface area (Å²) in [5, 5.41) is 9.30. The number of amidine groups is 1. The molecule has 1 rings (SSSR count). The maximum absolute atomic E-state index is 4.59. The van der Waals surface area contributed by atoms with E-state index in [2.05, 4.69) is 66.9 Å². The van der Waals surface area contributed by atoms with Gasteiger partial charge in [0.05, 0.1) is 11.7 Å². The fourth-order valence-electron chi connectivity index (χ4n) is 1.86. The zero-order valence-corrected chi connectivity index (χ0v) is 15.4. The normalized spacial score (nSPS) is 13.9. The van der Waals surface area contributed by atoms with Gasteiger partial charge in [-0.25, -0.2) is 0 Å². The first kappa shape index (κ1) is 18.7. The molecule has 0 aliphatic carbocycles. The average molecular weight is 321 g/mol. The molecule has 122 valence electrons. The Labute approximate surface area is 139 Å². The molecule has 0 aliphatic rings. The Bertz CT molecular complexity index is 490. The third-order valence-corrected chi connectivity index (χ3v) is 4.24. The van der Waals surface area contributed by atoms with E-state index in [0.717, 1.165) is 23.9 Å². The summed E-state index contributed by atoms with van der Waals surface area (Å²) >= 11 is 1.53. The molecule has 0 N–H and O–H groups in total. The molecule has 0 saturated carbocycles. The molecule has 22 heavy (non-hydrogen) atoms. The predicted octanol–water partition coefficient (Wildman–Crippen LogP) is 5.38. The summed E-state index contributed by atoms with van der Waals surface area (Å²) in [7, 11) is 0. The van der Waals surface area contributed by atoms with Crippen molar-refractivity contribution in [1.82, 2.24) is 0 Å². The zero-order valence-electron chi connectivity index (χ0n) is 14.6. The van der Waals surface area contributed by atoms with Gasteiger partial charge in [-0.3, -0.25) is 4.99 Å². The van der Waals surface area contributed by atoms with Crippen LogP contribution in [0.3, 0.4) is 0 Å². The maximum Gasteiger partial charge on any atom is 0.204 e. The molecular weight excluding hydrogens is 292 g/mol. The van der Waals surface area contributed by atoms with Gasteiger partial charge in [0.2, 0.25) is 5.17 Å². The smallest absolute Gasteiger partial charge is 0.204 e. The quantitative estimate of drug-likeness (QED) is 0.401. The molecule has 0 spiro atoms. The van der Waals surface area contributed by atoms with Crippen LogP contribution in [0, 0.1) is 5.92 Å². The lowest BCUT2D eigenvalue weighted by Crippen LogP contribution is -2.21. The van der Waals surface area contributed by atoms with E-state index in [4.69, 9.17) is 0 Å². The summed E-state index contributed by atoms with van der Waals surface area (Å²) in [5.41, 5.74) is 2.07. The lowest BCUT2D eigenvalue weighted by molar-refractivity contribution is 0.532. The SMILES string of the molecule is CCN(CC)c1ccc(N=NC(=NC(C)C(C)C)SC)cc1. The van der Waals surface area contributed by atoms with Crippen LogP contribution in [0.15, 0.2) is 39.5 Å². The molecule has 0 radical (unpaired) electrons. The summed E-state index contributed by atoms with van der Waals surface area (Å²) < 4.78 is 0. The predicted molar refractivity (Wildman–Crippen MR) is 99.8 cm³/mol. The van der Waals surface area contributed by atoms with Crippen molar-refractivity contribution in [2.75, 3.05) is 24.2 Å². The van der Waals surface area contributed by atoms with Gasteiger partial charge in [0.15, 0.2) is 0 Å². The first-order valence-corrected chi connectivity index (χ1v) is 9.12. The van der Waals surface area contributed by atoms with Crippen LogP contribution in [0.4, 0.5) is 11.4 Å². The van der Waals surface area contributed by atoms with E-state index in [1.807, 2.05) is 18.4 Å². The number of hydrogen-bond donors (Lipinski definition) is 0. The fourth-order valence-corrected chi connectivity index (χ4v) is 2.26. The minimum atomic E-state index is 0.256. The first-order valence-electron chi connectivity index (χ1n) is 7.90. The second kappa shape index (κ2) is 9.62. The van der Waals surface area contributed by atoms with Crippen LogP contribution >= 0.6 is 11.8 Å². The zero-order chi connectivity index (χ0) is 16.5. The monoisotopic (exact) mass is 320 g/mol. The Morgan fingerprint density at radius 1 is 1.09 bits per heavy atom. The van der Waals surface area contributed by atoms with Gasteiger partial charge in [-0.15, -0.1) is 10.2 Å². The molecule has 0 fully saturated rings. The lowest BCUT2D eigenvalue weighted by Gasteiger charge is -2.20. The van der Waals surface area contributed by atoms with Crippen molar-refractivity contribution in [2.45, 2.75) is 40.7 Å². The number of azo groups is 1. The Hall–Kier alpha value is -1.36. The molecule has 1 atom stereocenters. The summed E-state index contributed by atoms with van der Waals surface area (Å²) in [6.45, 7) is 12.8.